The molecule has 0 bridgehead atoms. The van der Waals surface area contributed by atoms with E-state index in [0.717, 1.165) is 0 Å². The zero-order chi connectivity index (χ0) is 16.6. The highest BCUT2D eigenvalue weighted by atomic mass is 16.4. The lowest BCUT2D eigenvalue weighted by Gasteiger charge is -2.10. The van der Waals surface area contributed by atoms with Gasteiger partial charge < -0.3 is 19.7 Å². The molecule has 0 unspecified atom stereocenters. The summed E-state index contributed by atoms with van der Waals surface area (Å²) in [6, 6.07) is 4.10. The first-order chi connectivity index (χ1) is 10.9. The van der Waals surface area contributed by atoms with Gasteiger partial charge in [-0.05, 0) is 25.1 Å². The first kappa shape index (κ1) is 14.7. The average Bonchev–Trinajstić information content (AvgIpc) is 2.94. The Morgan fingerprint density at radius 1 is 1.17 bits per heavy atom. The quantitative estimate of drug-likeness (QED) is 0.599. The van der Waals surface area contributed by atoms with Crippen LogP contribution in [0.4, 0.5) is 0 Å². The van der Waals surface area contributed by atoms with Gasteiger partial charge in [-0.1, -0.05) is 0 Å². The van der Waals surface area contributed by atoms with Gasteiger partial charge in [-0.25, -0.2) is 0 Å². The average molecular weight is 315 g/mol. The maximum atomic E-state index is 12.3. The van der Waals surface area contributed by atoms with E-state index in [1.165, 1.54) is 12.1 Å². The molecule has 9 heteroatoms. The molecule has 3 N–H and O–H groups in total. The van der Waals surface area contributed by atoms with Gasteiger partial charge in [0.2, 0.25) is 11.8 Å². The molecule has 1 aromatic carbocycles. The molecule has 1 amide bonds. The number of nitrogens with zero attached hydrogens (tertiary/aromatic N) is 2. The monoisotopic (exact) mass is 315 g/mol. The molecular weight excluding hydrogens is 302 g/mol. The first-order valence-electron chi connectivity index (χ1n) is 6.81. The van der Waals surface area contributed by atoms with Crippen LogP contribution in [0.1, 0.15) is 35.1 Å². The van der Waals surface area contributed by atoms with Gasteiger partial charge in [-0.2, -0.15) is 0 Å². The zero-order valence-corrected chi connectivity index (χ0v) is 12.3. The van der Waals surface area contributed by atoms with E-state index in [2.05, 4.69) is 25.5 Å². The van der Waals surface area contributed by atoms with Crippen molar-refractivity contribution in [3.8, 4) is 0 Å². The van der Waals surface area contributed by atoms with E-state index in [-0.39, 0.29) is 5.91 Å². The molecule has 2 heterocycles. The lowest BCUT2D eigenvalue weighted by atomic mass is 10.1. The third-order valence-corrected chi connectivity index (χ3v) is 3.24. The summed E-state index contributed by atoms with van der Waals surface area (Å²) in [5, 5.41) is 10.3. The minimum Gasteiger partial charge on any atom is -0.423 e. The minimum atomic E-state index is -0.773. The summed E-state index contributed by atoms with van der Waals surface area (Å²) >= 11 is 0. The SMILES string of the molecule is Cc1nnc([C@H](C)NC(=O)c2ccc3[nH]c(=O)c(=O)[nH]c3c2)o1. The third kappa shape index (κ3) is 2.89. The van der Waals surface area contributed by atoms with E-state index in [9.17, 15) is 14.4 Å². The summed E-state index contributed by atoms with van der Waals surface area (Å²) in [6.07, 6.45) is 0. The molecule has 0 aliphatic carbocycles. The number of fused-ring (bicyclic) bond motifs is 1. The van der Waals surface area contributed by atoms with Crippen molar-refractivity contribution in [1.29, 1.82) is 0 Å². The van der Waals surface area contributed by atoms with Gasteiger partial charge in [-0.3, -0.25) is 14.4 Å². The number of rotatable bonds is 3. The van der Waals surface area contributed by atoms with Crippen LogP contribution in [0.25, 0.3) is 11.0 Å². The predicted molar refractivity (Wildman–Crippen MR) is 80.1 cm³/mol. The van der Waals surface area contributed by atoms with Crippen LogP contribution in [0, 0.1) is 6.92 Å². The van der Waals surface area contributed by atoms with E-state index in [4.69, 9.17) is 4.42 Å². The molecule has 0 saturated carbocycles. The number of carbonyl (C=O) groups excluding carboxylic acids is 1. The Morgan fingerprint density at radius 2 is 1.87 bits per heavy atom. The smallest absolute Gasteiger partial charge is 0.314 e. The second kappa shape index (κ2) is 5.52. The number of hydrogen-bond acceptors (Lipinski definition) is 6. The molecule has 2 aromatic heterocycles. The van der Waals surface area contributed by atoms with Crippen LogP contribution in [0.15, 0.2) is 32.2 Å². The Labute approximate surface area is 128 Å². The number of aryl methyl sites for hydroxylation is 1. The Bertz CT molecular complexity index is 1000. The normalized spacial score (nSPS) is 12.3. The highest BCUT2D eigenvalue weighted by molar-refractivity contribution is 5.97. The predicted octanol–water partition coefficient (Wildman–Crippen LogP) is 0.399. The maximum absolute atomic E-state index is 12.3. The molecule has 1 atom stereocenters. The molecule has 23 heavy (non-hydrogen) atoms. The van der Waals surface area contributed by atoms with Crippen molar-refractivity contribution < 1.29 is 9.21 Å². The van der Waals surface area contributed by atoms with Crippen molar-refractivity contribution in [3.05, 3.63) is 56.3 Å². The number of carbonyl (C=O) groups is 1. The Hall–Kier alpha value is -3.23. The van der Waals surface area contributed by atoms with Gasteiger partial charge in [0.25, 0.3) is 5.91 Å². The van der Waals surface area contributed by atoms with E-state index in [1.807, 2.05) is 0 Å². The summed E-state index contributed by atoms with van der Waals surface area (Å²) < 4.78 is 5.26. The molecule has 0 saturated heterocycles. The van der Waals surface area contributed by atoms with Crippen molar-refractivity contribution >= 4 is 16.9 Å². The highest BCUT2D eigenvalue weighted by Crippen LogP contribution is 2.13. The number of aromatic amines is 2. The second-order valence-electron chi connectivity index (χ2n) is 5.02. The fraction of sp³-hybridized carbons (Fsp3) is 0.214. The number of hydrogen-bond donors (Lipinski definition) is 3. The van der Waals surface area contributed by atoms with Crippen LogP contribution >= 0.6 is 0 Å². The van der Waals surface area contributed by atoms with Crippen molar-refractivity contribution in [2.24, 2.45) is 0 Å². The summed E-state index contributed by atoms with van der Waals surface area (Å²) in [5.74, 6) is 0.338. The molecule has 9 nitrogen and oxygen atoms in total. The van der Waals surface area contributed by atoms with Gasteiger partial charge in [0.15, 0.2) is 0 Å². The molecule has 0 fully saturated rings. The van der Waals surface area contributed by atoms with Gasteiger partial charge in [0, 0.05) is 12.5 Å². The molecule has 0 aliphatic rings. The fourth-order valence-electron chi connectivity index (χ4n) is 2.08. The standard InChI is InChI=1S/C14H13N5O4/c1-6(14-19-18-7(2)23-14)15-11(20)8-3-4-9-10(5-8)17-13(22)12(21)16-9/h3-6H,1-2H3,(H,15,20)(H,16,21)(H,17,22)/t6-/m0/s1. The summed E-state index contributed by atoms with van der Waals surface area (Å²) in [5.41, 5.74) is -0.390. The number of H-pyrrole nitrogens is 2. The molecule has 3 rings (SSSR count). The van der Waals surface area contributed by atoms with Crippen LogP contribution in [0.5, 0.6) is 0 Å². The van der Waals surface area contributed by atoms with Crippen molar-refractivity contribution in [3.63, 3.8) is 0 Å². The van der Waals surface area contributed by atoms with Crippen molar-refractivity contribution in [2.75, 3.05) is 0 Å². The number of benzene rings is 1. The van der Waals surface area contributed by atoms with E-state index in [1.54, 1.807) is 19.9 Å². The van der Waals surface area contributed by atoms with Crippen molar-refractivity contribution in [1.82, 2.24) is 25.5 Å². The lowest BCUT2D eigenvalue weighted by Crippen LogP contribution is -2.29. The van der Waals surface area contributed by atoms with E-state index < -0.39 is 17.2 Å². The molecule has 0 spiro atoms. The van der Waals surface area contributed by atoms with Gasteiger partial charge >= 0.3 is 11.1 Å². The van der Waals surface area contributed by atoms with Crippen LogP contribution in [0.3, 0.4) is 0 Å². The minimum absolute atomic E-state index is 0.300. The summed E-state index contributed by atoms with van der Waals surface area (Å²) in [6.45, 7) is 3.37. The van der Waals surface area contributed by atoms with Crippen molar-refractivity contribution in [2.45, 2.75) is 19.9 Å². The fourth-order valence-corrected chi connectivity index (χ4v) is 2.08. The van der Waals surface area contributed by atoms with E-state index >= 15 is 0 Å². The maximum Gasteiger partial charge on any atom is 0.314 e. The largest absolute Gasteiger partial charge is 0.423 e. The van der Waals surface area contributed by atoms with Gasteiger partial charge in [0.1, 0.15) is 6.04 Å². The van der Waals surface area contributed by atoms with Crippen LogP contribution < -0.4 is 16.4 Å². The Morgan fingerprint density at radius 3 is 2.52 bits per heavy atom. The van der Waals surface area contributed by atoms with Crippen LogP contribution in [-0.2, 0) is 0 Å². The molecule has 3 aromatic rings. The van der Waals surface area contributed by atoms with Crippen LogP contribution in [-0.4, -0.2) is 26.1 Å². The molecule has 0 aliphatic heterocycles. The topological polar surface area (TPSA) is 134 Å². The lowest BCUT2D eigenvalue weighted by molar-refractivity contribution is 0.0934. The first-order valence-corrected chi connectivity index (χ1v) is 6.81. The molecule has 0 radical (unpaired) electrons. The zero-order valence-electron chi connectivity index (χ0n) is 12.3. The summed E-state index contributed by atoms with van der Waals surface area (Å²) in [4.78, 5) is 39.7. The second-order valence-corrected chi connectivity index (χ2v) is 5.02. The molecular formula is C14H13N5O4. The Kier molecular flexibility index (Phi) is 3.53. The Balaban J connectivity index is 1.87. The number of nitrogens with one attached hydrogen (secondary N) is 3. The number of amides is 1. The van der Waals surface area contributed by atoms with Gasteiger partial charge in [-0.15, -0.1) is 10.2 Å². The molecule has 118 valence electrons. The van der Waals surface area contributed by atoms with Crippen LogP contribution in [0.2, 0.25) is 0 Å². The summed E-state index contributed by atoms with van der Waals surface area (Å²) in [7, 11) is 0. The number of aromatic nitrogens is 4. The van der Waals surface area contributed by atoms with Gasteiger partial charge in [0.05, 0.1) is 11.0 Å². The third-order valence-electron chi connectivity index (χ3n) is 3.24. The highest BCUT2D eigenvalue weighted by Gasteiger charge is 2.16. The van der Waals surface area contributed by atoms with E-state index in [0.29, 0.717) is 28.4 Å².